The molecule has 1 nitrogen and oxygen atoms in total. The molecule has 1 N–H and O–H groups in total. The molecule has 1 aromatic carbocycles. The number of hydrogen-bond acceptors (Lipinski definition) is 1. The molecule has 0 saturated carbocycles. The molecule has 0 radical (unpaired) electrons. The van der Waals surface area contributed by atoms with Gasteiger partial charge in [-0.25, -0.2) is 4.39 Å². The zero-order chi connectivity index (χ0) is 11.3. The quantitative estimate of drug-likeness (QED) is 0.828. The number of halogens is 2. The topological polar surface area (TPSA) is 12.0 Å². The van der Waals surface area contributed by atoms with E-state index >= 15 is 0 Å². The normalized spacial score (nSPS) is 12.1. The molecule has 0 fully saturated rings. The molecule has 0 aliphatic heterocycles. The van der Waals surface area contributed by atoms with Crippen molar-refractivity contribution in [1.29, 1.82) is 0 Å². The van der Waals surface area contributed by atoms with E-state index in [1.165, 1.54) is 6.07 Å². The third kappa shape index (κ3) is 3.33. The van der Waals surface area contributed by atoms with Crippen LogP contribution in [0.3, 0.4) is 0 Å². The van der Waals surface area contributed by atoms with Gasteiger partial charge in [0, 0.05) is 22.5 Å². The number of benzene rings is 1. The molecular weight excluding hydrogens is 257 g/mol. The summed E-state index contributed by atoms with van der Waals surface area (Å²) >= 11 is 3.22. The van der Waals surface area contributed by atoms with Crippen molar-refractivity contribution in [3.8, 4) is 12.3 Å². The first kappa shape index (κ1) is 12.2. The van der Waals surface area contributed by atoms with Gasteiger partial charge in [-0.3, -0.25) is 0 Å². The Morgan fingerprint density at radius 3 is 2.87 bits per heavy atom. The standard InChI is InChI=1S/C12H13BrFN/c1-3-5-12(15-4-2)10-7-6-9(13)8-11(10)14/h1,6-8,12,15H,4-5H2,2H3. The van der Waals surface area contributed by atoms with Gasteiger partial charge in [0.1, 0.15) is 5.82 Å². The Morgan fingerprint density at radius 2 is 2.33 bits per heavy atom. The highest BCUT2D eigenvalue weighted by atomic mass is 79.9. The molecule has 0 heterocycles. The third-order valence-electron chi connectivity index (χ3n) is 2.11. The lowest BCUT2D eigenvalue weighted by Gasteiger charge is -2.16. The van der Waals surface area contributed by atoms with Gasteiger partial charge in [-0.1, -0.05) is 28.9 Å². The van der Waals surface area contributed by atoms with Crippen LogP contribution in [-0.4, -0.2) is 6.54 Å². The van der Waals surface area contributed by atoms with E-state index in [1.54, 1.807) is 6.07 Å². The van der Waals surface area contributed by atoms with Gasteiger partial charge in [-0.05, 0) is 18.7 Å². The van der Waals surface area contributed by atoms with Gasteiger partial charge in [0.2, 0.25) is 0 Å². The van der Waals surface area contributed by atoms with Gasteiger partial charge in [0.05, 0.1) is 0 Å². The molecule has 0 amide bonds. The van der Waals surface area contributed by atoms with Crippen molar-refractivity contribution in [2.75, 3.05) is 6.54 Å². The Labute approximate surface area is 98.2 Å². The third-order valence-corrected chi connectivity index (χ3v) is 2.60. The predicted octanol–water partition coefficient (Wildman–Crippen LogP) is 3.26. The fourth-order valence-corrected chi connectivity index (χ4v) is 1.77. The first-order valence-electron chi connectivity index (χ1n) is 4.80. The fraction of sp³-hybridized carbons (Fsp3) is 0.333. The first-order chi connectivity index (χ1) is 7.19. The second-order valence-electron chi connectivity index (χ2n) is 3.18. The minimum atomic E-state index is -0.231. The number of hydrogen-bond donors (Lipinski definition) is 1. The van der Waals surface area contributed by atoms with Crippen molar-refractivity contribution < 1.29 is 4.39 Å². The van der Waals surface area contributed by atoms with Crippen LogP contribution in [0.25, 0.3) is 0 Å². The summed E-state index contributed by atoms with van der Waals surface area (Å²) in [5.41, 5.74) is 0.623. The van der Waals surface area contributed by atoms with E-state index in [9.17, 15) is 4.39 Å². The molecule has 0 bridgehead atoms. The maximum absolute atomic E-state index is 13.6. The second kappa shape index (κ2) is 5.89. The van der Waals surface area contributed by atoms with Crippen LogP contribution in [0, 0.1) is 18.2 Å². The molecule has 0 aliphatic rings. The molecule has 0 saturated heterocycles. The minimum Gasteiger partial charge on any atom is -0.309 e. The summed E-state index contributed by atoms with van der Waals surface area (Å²) in [6.07, 6.45) is 5.75. The lowest BCUT2D eigenvalue weighted by molar-refractivity contribution is 0.520. The molecule has 15 heavy (non-hydrogen) atoms. The lowest BCUT2D eigenvalue weighted by atomic mass is 10.0. The van der Waals surface area contributed by atoms with Gasteiger partial charge in [-0.15, -0.1) is 12.3 Å². The molecular formula is C12H13BrFN. The molecule has 1 rings (SSSR count). The molecule has 0 spiro atoms. The van der Waals surface area contributed by atoms with Gasteiger partial charge in [0.15, 0.2) is 0 Å². The molecule has 1 unspecified atom stereocenters. The Hall–Kier alpha value is -0.850. The Kier molecular flexibility index (Phi) is 4.80. The van der Waals surface area contributed by atoms with Crippen LogP contribution in [0.15, 0.2) is 22.7 Å². The highest BCUT2D eigenvalue weighted by Crippen LogP contribution is 2.22. The zero-order valence-electron chi connectivity index (χ0n) is 8.56. The molecule has 0 aromatic heterocycles. The SMILES string of the molecule is C#CCC(NCC)c1ccc(Br)cc1F. The second-order valence-corrected chi connectivity index (χ2v) is 4.10. The number of terminal acetylenes is 1. The van der Waals surface area contributed by atoms with Crippen LogP contribution in [0.2, 0.25) is 0 Å². The highest BCUT2D eigenvalue weighted by molar-refractivity contribution is 9.10. The molecule has 80 valence electrons. The van der Waals surface area contributed by atoms with Crippen molar-refractivity contribution in [3.63, 3.8) is 0 Å². The van der Waals surface area contributed by atoms with Crippen LogP contribution >= 0.6 is 15.9 Å². The van der Waals surface area contributed by atoms with Crippen LogP contribution in [0.4, 0.5) is 4.39 Å². The maximum Gasteiger partial charge on any atom is 0.129 e. The van der Waals surface area contributed by atoms with E-state index in [0.717, 1.165) is 11.0 Å². The summed E-state index contributed by atoms with van der Waals surface area (Å²) in [5, 5.41) is 3.16. The van der Waals surface area contributed by atoms with Crippen molar-refractivity contribution in [3.05, 3.63) is 34.1 Å². The number of rotatable bonds is 4. The molecule has 0 aliphatic carbocycles. The van der Waals surface area contributed by atoms with Crippen LogP contribution < -0.4 is 5.32 Å². The molecule has 1 atom stereocenters. The van der Waals surface area contributed by atoms with Gasteiger partial charge in [-0.2, -0.15) is 0 Å². The summed E-state index contributed by atoms with van der Waals surface area (Å²) in [4.78, 5) is 0. The Balaban J connectivity index is 2.95. The van der Waals surface area contributed by atoms with Crippen molar-refractivity contribution >= 4 is 15.9 Å². The van der Waals surface area contributed by atoms with Crippen LogP contribution in [-0.2, 0) is 0 Å². The summed E-state index contributed by atoms with van der Waals surface area (Å²) < 4.78 is 14.3. The van der Waals surface area contributed by atoms with E-state index in [2.05, 4.69) is 27.2 Å². The van der Waals surface area contributed by atoms with Crippen LogP contribution in [0.1, 0.15) is 24.9 Å². The van der Waals surface area contributed by atoms with E-state index in [4.69, 9.17) is 6.42 Å². The lowest BCUT2D eigenvalue weighted by Crippen LogP contribution is -2.21. The maximum atomic E-state index is 13.6. The minimum absolute atomic E-state index is 0.104. The summed E-state index contributed by atoms with van der Waals surface area (Å²) in [6.45, 7) is 2.74. The zero-order valence-corrected chi connectivity index (χ0v) is 10.1. The van der Waals surface area contributed by atoms with Gasteiger partial charge in [0.25, 0.3) is 0 Å². The smallest absolute Gasteiger partial charge is 0.129 e. The predicted molar refractivity (Wildman–Crippen MR) is 64.0 cm³/mol. The summed E-state index contributed by atoms with van der Waals surface area (Å²) in [7, 11) is 0. The van der Waals surface area contributed by atoms with Crippen molar-refractivity contribution in [1.82, 2.24) is 5.32 Å². The Bertz CT molecular complexity index is 370. The van der Waals surface area contributed by atoms with Crippen molar-refractivity contribution in [2.24, 2.45) is 0 Å². The summed E-state index contributed by atoms with van der Waals surface area (Å²) in [6, 6.07) is 4.92. The summed E-state index contributed by atoms with van der Waals surface area (Å²) in [5.74, 6) is 2.32. The monoisotopic (exact) mass is 269 g/mol. The molecule has 3 heteroatoms. The fourth-order valence-electron chi connectivity index (χ4n) is 1.44. The average Bonchev–Trinajstić information content (AvgIpc) is 2.17. The van der Waals surface area contributed by atoms with E-state index in [0.29, 0.717) is 12.0 Å². The van der Waals surface area contributed by atoms with E-state index < -0.39 is 0 Å². The first-order valence-corrected chi connectivity index (χ1v) is 5.60. The Morgan fingerprint density at radius 1 is 1.60 bits per heavy atom. The van der Waals surface area contributed by atoms with Crippen molar-refractivity contribution in [2.45, 2.75) is 19.4 Å². The van der Waals surface area contributed by atoms with Gasteiger partial charge >= 0.3 is 0 Å². The highest BCUT2D eigenvalue weighted by Gasteiger charge is 2.13. The van der Waals surface area contributed by atoms with Gasteiger partial charge < -0.3 is 5.32 Å². The number of nitrogens with one attached hydrogen (secondary N) is 1. The average molecular weight is 270 g/mol. The largest absolute Gasteiger partial charge is 0.309 e. The molecule has 1 aromatic rings. The van der Waals surface area contributed by atoms with E-state index in [-0.39, 0.29) is 11.9 Å². The van der Waals surface area contributed by atoms with Crippen LogP contribution in [0.5, 0.6) is 0 Å². The van der Waals surface area contributed by atoms with E-state index in [1.807, 2.05) is 13.0 Å².